The molecular weight excluding hydrogens is 285 g/mol. The number of hydrogen-bond donors (Lipinski definition) is 3. The van der Waals surface area contributed by atoms with Gasteiger partial charge in [0.05, 0.1) is 17.8 Å². The molecule has 0 aromatic heterocycles. The minimum Gasteiger partial charge on any atom is -0.506 e. The lowest BCUT2D eigenvalue weighted by atomic mass is 10.1. The van der Waals surface area contributed by atoms with Gasteiger partial charge in [-0.15, -0.1) is 0 Å². The number of alkyl halides is 3. The number of amides is 1. The van der Waals surface area contributed by atoms with Crippen molar-refractivity contribution in [3.05, 3.63) is 23.8 Å². The van der Waals surface area contributed by atoms with Gasteiger partial charge in [0.25, 0.3) is 0 Å². The Morgan fingerprint density at radius 3 is 2.57 bits per heavy atom. The zero-order valence-electron chi connectivity index (χ0n) is 11.3. The second kappa shape index (κ2) is 6.34. The number of aromatic hydroxyl groups is 1. The fraction of sp³-hybridized carbons (Fsp3) is 0.500. The highest BCUT2D eigenvalue weighted by Crippen LogP contribution is 2.34. The van der Waals surface area contributed by atoms with Crippen LogP contribution in [0.25, 0.3) is 0 Å². The van der Waals surface area contributed by atoms with Crippen LogP contribution in [0, 0.1) is 0 Å². The number of halogens is 3. The summed E-state index contributed by atoms with van der Waals surface area (Å²) in [4.78, 5) is 11.7. The molecule has 1 amide bonds. The standard InChI is InChI=1S/C14H17F3N2O2/c15-14(16,17)9-5-6-12(20)11(7-9)19-13(21)8-18-10-3-1-2-4-10/h5-7,10,18,20H,1-4,8H2,(H,19,21). The molecule has 21 heavy (non-hydrogen) atoms. The highest BCUT2D eigenvalue weighted by Gasteiger charge is 2.31. The Morgan fingerprint density at radius 1 is 1.29 bits per heavy atom. The van der Waals surface area contributed by atoms with Gasteiger partial charge in [0.15, 0.2) is 0 Å². The topological polar surface area (TPSA) is 61.4 Å². The van der Waals surface area contributed by atoms with Crippen LogP contribution in [0.5, 0.6) is 5.75 Å². The maximum absolute atomic E-state index is 12.6. The molecule has 116 valence electrons. The largest absolute Gasteiger partial charge is 0.506 e. The average molecular weight is 302 g/mol. The van der Waals surface area contributed by atoms with E-state index < -0.39 is 23.4 Å². The molecule has 1 aromatic carbocycles. The Hall–Kier alpha value is -1.76. The first-order valence-electron chi connectivity index (χ1n) is 6.79. The molecule has 0 spiro atoms. The molecule has 1 fully saturated rings. The van der Waals surface area contributed by atoms with Gasteiger partial charge in [0.1, 0.15) is 5.75 Å². The average Bonchev–Trinajstić information content (AvgIpc) is 2.91. The summed E-state index contributed by atoms with van der Waals surface area (Å²) < 4.78 is 37.7. The van der Waals surface area contributed by atoms with Crippen LogP contribution in [0.2, 0.25) is 0 Å². The van der Waals surface area contributed by atoms with Crippen LogP contribution in [0.4, 0.5) is 18.9 Å². The van der Waals surface area contributed by atoms with E-state index in [-0.39, 0.29) is 18.3 Å². The van der Waals surface area contributed by atoms with Crippen LogP contribution in [0.15, 0.2) is 18.2 Å². The van der Waals surface area contributed by atoms with Gasteiger partial charge in [-0.1, -0.05) is 12.8 Å². The van der Waals surface area contributed by atoms with Crippen molar-refractivity contribution in [2.45, 2.75) is 37.9 Å². The van der Waals surface area contributed by atoms with Gasteiger partial charge in [0.2, 0.25) is 5.91 Å². The quantitative estimate of drug-likeness (QED) is 0.750. The van der Waals surface area contributed by atoms with Crippen LogP contribution < -0.4 is 10.6 Å². The van der Waals surface area contributed by atoms with E-state index in [9.17, 15) is 23.1 Å². The monoisotopic (exact) mass is 302 g/mol. The molecule has 1 aliphatic rings. The van der Waals surface area contributed by atoms with E-state index in [0.29, 0.717) is 0 Å². The third-order valence-electron chi connectivity index (χ3n) is 3.50. The summed E-state index contributed by atoms with van der Waals surface area (Å²) >= 11 is 0. The summed E-state index contributed by atoms with van der Waals surface area (Å²) in [6, 6.07) is 2.69. The number of anilines is 1. The van der Waals surface area contributed by atoms with Crippen molar-refractivity contribution < 1.29 is 23.1 Å². The van der Waals surface area contributed by atoms with Gasteiger partial charge in [-0.05, 0) is 31.0 Å². The molecule has 0 aliphatic heterocycles. The number of rotatable bonds is 4. The predicted molar refractivity (Wildman–Crippen MR) is 72.0 cm³/mol. The number of carbonyl (C=O) groups excluding carboxylic acids is 1. The van der Waals surface area contributed by atoms with E-state index in [1.165, 1.54) is 0 Å². The Bertz CT molecular complexity index is 511. The molecule has 0 saturated heterocycles. The molecule has 0 unspecified atom stereocenters. The van der Waals surface area contributed by atoms with Gasteiger partial charge in [-0.2, -0.15) is 13.2 Å². The van der Waals surface area contributed by atoms with Crippen molar-refractivity contribution in [2.24, 2.45) is 0 Å². The van der Waals surface area contributed by atoms with Gasteiger partial charge >= 0.3 is 6.18 Å². The lowest BCUT2D eigenvalue weighted by Gasteiger charge is -2.14. The Labute approximate surface area is 120 Å². The first-order chi connectivity index (χ1) is 9.86. The van der Waals surface area contributed by atoms with Crippen LogP contribution in [0.1, 0.15) is 31.2 Å². The number of hydrogen-bond acceptors (Lipinski definition) is 3. The highest BCUT2D eigenvalue weighted by atomic mass is 19.4. The number of benzene rings is 1. The van der Waals surface area contributed by atoms with E-state index in [2.05, 4.69) is 10.6 Å². The lowest BCUT2D eigenvalue weighted by Crippen LogP contribution is -2.34. The second-order valence-electron chi connectivity index (χ2n) is 5.14. The fourth-order valence-electron chi connectivity index (χ4n) is 2.37. The Kier molecular flexibility index (Phi) is 4.72. The summed E-state index contributed by atoms with van der Waals surface area (Å²) in [5, 5.41) is 14.9. The minimum atomic E-state index is -4.52. The fourth-order valence-corrected chi connectivity index (χ4v) is 2.37. The second-order valence-corrected chi connectivity index (χ2v) is 5.14. The van der Waals surface area contributed by atoms with E-state index >= 15 is 0 Å². The molecule has 7 heteroatoms. The number of nitrogens with one attached hydrogen (secondary N) is 2. The maximum atomic E-state index is 12.6. The van der Waals surface area contributed by atoms with Crippen molar-refractivity contribution in [3.63, 3.8) is 0 Å². The maximum Gasteiger partial charge on any atom is 0.416 e. The van der Waals surface area contributed by atoms with Gasteiger partial charge in [-0.3, -0.25) is 4.79 Å². The van der Waals surface area contributed by atoms with Crippen molar-refractivity contribution >= 4 is 11.6 Å². The molecule has 0 bridgehead atoms. The van der Waals surface area contributed by atoms with Crippen LogP contribution in [0.3, 0.4) is 0 Å². The van der Waals surface area contributed by atoms with Gasteiger partial charge < -0.3 is 15.7 Å². The van der Waals surface area contributed by atoms with E-state index in [1.54, 1.807) is 0 Å². The van der Waals surface area contributed by atoms with Crippen molar-refractivity contribution in [3.8, 4) is 5.75 Å². The predicted octanol–water partition coefficient (Wildman–Crippen LogP) is 2.88. The molecule has 0 heterocycles. The molecule has 0 radical (unpaired) electrons. The summed E-state index contributed by atoms with van der Waals surface area (Å²) in [6.07, 6.45) is -0.277. The van der Waals surface area contributed by atoms with Crippen LogP contribution in [-0.4, -0.2) is 23.6 Å². The Balaban J connectivity index is 1.96. The molecular formula is C14H17F3N2O2. The van der Waals surface area contributed by atoms with Crippen molar-refractivity contribution in [1.29, 1.82) is 0 Å². The molecule has 1 aromatic rings. The first kappa shape index (κ1) is 15.6. The highest BCUT2D eigenvalue weighted by molar-refractivity contribution is 5.93. The number of carbonyl (C=O) groups is 1. The molecule has 4 nitrogen and oxygen atoms in total. The van der Waals surface area contributed by atoms with Gasteiger partial charge in [0, 0.05) is 6.04 Å². The minimum absolute atomic E-state index is 0.0142. The molecule has 1 aliphatic carbocycles. The first-order valence-corrected chi connectivity index (χ1v) is 6.79. The zero-order valence-corrected chi connectivity index (χ0v) is 11.3. The van der Waals surface area contributed by atoms with Crippen molar-refractivity contribution in [1.82, 2.24) is 5.32 Å². The normalized spacial score (nSPS) is 16.1. The van der Waals surface area contributed by atoms with Gasteiger partial charge in [-0.25, -0.2) is 0 Å². The van der Waals surface area contributed by atoms with Crippen molar-refractivity contribution in [2.75, 3.05) is 11.9 Å². The summed E-state index contributed by atoms with van der Waals surface area (Å²) in [5.41, 5.74) is -1.15. The smallest absolute Gasteiger partial charge is 0.416 e. The molecule has 3 N–H and O–H groups in total. The number of phenolic OH excluding ortho intramolecular Hbond substituents is 1. The lowest BCUT2D eigenvalue weighted by molar-refractivity contribution is -0.137. The summed E-state index contributed by atoms with van der Waals surface area (Å²) in [5.74, 6) is -0.867. The molecule has 1 saturated carbocycles. The SMILES string of the molecule is O=C(CNC1CCCC1)Nc1cc(C(F)(F)F)ccc1O. The van der Waals surface area contributed by atoms with Crippen LogP contribution >= 0.6 is 0 Å². The van der Waals surface area contributed by atoms with E-state index in [0.717, 1.165) is 43.9 Å². The van der Waals surface area contributed by atoms with E-state index in [1.807, 2.05) is 0 Å². The molecule has 0 atom stereocenters. The summed E-state index contributed by atoms with van der Waals surface area (Å²) in [6.45, 7) is 0.0142. The third kappa shape index (κ3) is 4.35. The van der Waals surface area contributed by atoms with Crippen LogP contribution in [-0.2, 0) is 11.0 Å². The zero-order chi connectivity index (χ0) is 15.5. The molecule has 2 rings (SSSR count). The third-order valence-corrected chi connectivity index (χ3v) is 3.50. The van der Waals surface area contributed by atoms with E-state index in [4.69, 9.17) is 0 Å². The number of phenols is 1. The Morgan fingerprint density at radius 2 is 1.95 bits per heavy atom. The summed E-state index contributed by atoms with van der Waals surface area (Å²) in [7, 11) is 0.